The molecule has 0 saturated heterocycles. The van der Waals surface area contributed by atoms with Crippen LogP contribution in [0.4, 0.5) is 0 Å². The second kappa shape index (κ2) is 10.5. The summed E-state index contributed by atoms with van der Waals surface area (Å²) in [5.74, 6) is -0.362. The molecule has 0 spiro atoms. The smallest absolute Gasteiger partial charge is 0.338 e. The maximum absolute atomic E-state index is 13.4. The van der Waals surface area contributed by atoms with Gasteiger partial charge in [-0.15, -0.1) is 0 Å². The van der Waals surface area contributed by atoms with Crippen molar-refractivity contribution in [1.29, 1.82) is 0 Å². The van der Waals surface area contributed by atoms with E-state index in [1.54, 1.807) is 0 Å². The standard InChI is InChI=1S/C30H32O3/c1-2-26(25-16-10-5-11-17-25)28-27(31)22-30(33-29(28)32,20-18-23-12-6-3-7-13-23)21-19-24-14-8-4-9-15-24/h3-17,26,31H,2,18-22H2,1H3. The van der Waals surface area contributed by atoms with E-state index in [0.29, 0.717) is 24.8 Å². The quantitative estimate of drug-likeness (QED) is 0.367. The molecule has 0 fully saturated rings. The monoisotopic (exact) mass is 440 g/mol. The van der Waals surface area contributed by atoms with E-state index >= 15 is 0 Å². The summed E-state index contributed by atoms with van der Waals surface area (Å²) in [6, 6.07) is 30.4. The highest BCUT2D eigenvalue weighted by Gasteiger charge is 2.43. The predicted molar refractivity (Wildman–Crippen MR) is 132 cm³/mol. The molecule has 4 rings (SSSR count). The molecule has 3 aromatic rings. The Morgan fingerprint density at radius 3 is 1.76 bits per heavy atom. The summed E-state index contributed by atoms with van der Waals surface area (Å²) in [7, 11) is 0. The molecule has 0 aliphatic carbocycles. The third-order valence-electron chi connectivity index (χ3n) is 6.71. The Morgan fingerprint density at radius 1 is 0.818 bits per heavy atom. The Bertz CT molecular complexity index is 1030. The maximum atomic E-state index is 13.4. The van der Waals surface area contributed by atoms with Gasteiger partial charge in [-0.25, -0.2) is 4.79 Å². The van der Waals surface area contributed by atoms with E-state index in [-0.39, 0.29) is 17.6 Å². The van der Waals surface area contributed by atoms with Crippen molar-refractivity contribution in [2.75, 3.05) is 0 Å². The number of carbonyl (C=O) groups is 1. The van der Waals surface area contributed by atoms with Gasteiger partial charge >= 0.3 is 5.97 Å². The Labute approximate surface area is 196 Å². The minimum atomic E-state index is -0.717. The van der Waals surface area contributed by atoms with Crippen molar-refractivity contribution in [3.63, 3.8) is 0 Å². The van der Waals surface area contributed by atoms with Gasteiger partial charge in [0, 0.05) is 12.3 Å². The number of aliphatic hydroxyl groups is 1. The van der Waals surface area contributed by atoms with E-state index < -0.39 is 5.60 Å². The molecule has 0 aromatic heterocycles. The van der Waals surface area contributed by atoms with E-state index in [1.165, 1.54) is 11.1 Å². The van der Waals surface area contributed by atoms with Crippen LogP contribution in [0.1, 0.15) is 55.2 Å². The van der Waals surface area contributed by atoms with Gasteiger partial charge in [-0.1, -0.05) is 97.9 Å². The summed E-state index contributed by atoms with van der Waals surface area (Å²) in [6.45, 7) is 2.04. The van der Waals surface area contributed by atoms with Gasteiger partial charge in [-0.2, -0.15) is 0 Å². The number of hydrogen-bond donors (Lipinski definition) is 1. The number of aryl methyl sites for hydroxylation is 2. The fraction of sp³-hybridized carbons (Fsp3) is 0.300. The van der Waals surface area contributed by atoms with Crippen molar-refractivity contribution in [3.05, 3.63) is 119 Å². The summed E-state index contributed by atoms with van der Waals surface area (Å²) in [5.41, 5.74) is 3.14. The highest BCUT2D eigenvalue weighted by Crippen LogP contribution is 2.41. The van der Waals surface area contributed by atoms with Crippen molar-refractivity contribution in [1.82, 2.24) is 0 Å². The molecule has 0 radical (unpaired) electrons. The molecule has 3 aromatic carbocycles. The number of hydrogen-bond acceptors (Lipinski definition) is 3. The van der Waals surface area contributed by atoms with Crippen LogP contribution in [-0.2, 0) is 22.4 Å². The number of rotatable bonds is 9. The molecule has 0 amide bonds. The molecular formula is C30H32O3. The first kappa shape index (κ1) is 22.8. The lowest BCUT2D eigenvalue weighted by Crippen LogP contribution is -2.42. The van der Waals surface area contributed by atoms with E-state index in [9.17, 15) is 9.90 Å². The number of aliphatic hydroxyl groups excluding tert-OH is 1. The predicted octanol–water partition coefficient (Wildman–Crippen LogP) is 6.94. The first-order valence-electron chi connectivity index (χ1n) is 11.9. The Morgan fingerprint density at radius 2 is 1.30 bits per heavy atom. The molecule has 1 N–H and O–H groups in total. The van der Waals surface area contributed by atoms with Crippen LogP contribution in [0, 0.1) is 0 Å². The lowest BCUT2D eigenvalue weighted by molar-refractivity contribution is -0.161. The van der Waals surface area contributed by atoms with Crippen LogP contribution in [0.15, 0.2) is 102 Å². The number of carbonyl (C=O) groups excluding carboxylic acids is 1. The summed E-state index contributed by atoms with van der Waals surface area (Å²) in [6.07, 6.45) is 4.02. The fourth-order valence-electron chi connectivity index (χ4n) is 4.88. The molecule has 0 bridgehead atoms. The fourth-order valence-corrected chi connectivity index (χ4v) is 4.88. The van der Waals surface area contributed by atoms with Crippen LogP contribution in [0.2, 0.25) is 0 Å². The Kier molecular flexibility index (Phi) is 7.29. The lowest BCUT2D eigenvalue weighted by atomic mass is 9.79. The largest absolute Gasteiger partial charge is 0.512 e. The van der Waals surface area contributed by atoms with Crippen molar-refractivity contribution in [2.45, 2.75) is 57.0 Å². The first-order valence-corrected chi connectivity index (χ1v) is 11.9. The highest BCUT2D eigenvalue weighted by atomic mass is 16.6. The van der Waals surface area contributed by atoms with Gasteiger partial charge < -0.3 is 9.84 Å². The lowest BCUT2D eigenvalue weighted by Gasteiger charge is -2.39. The Balaban J connectivity index is 1.61. The molecule has 1 aliphatic rings. The zero-order chi connectivity index (χ0) is 23.1. The van der Waals surface area contributed by atoms with E-state index in [2.05, 4.69) is 24.3 Å². The molecule has 3 nitrogen and oxygen atoms in total. The van der Waals surface area contributed by atoms with Crippen LogP contribution in [0.3, 0.4) is 0 Å². The van der Waals surface area contributed by atoms with E-state index in [1.807, 2.05) is 73.7 Å². The van der Waals surface area contributed by atoms with Crippen LogP contribution in [0.5, 0.6) is 0 Å². The summed E-state index contributed by atoms with van der Waals surface area (Å²) in [4.78, 5) is 13.4. The van der Waals surface area contributed by atoms with E-state index in [4.69, 9.17) is 4.74 Å². The normalized spacial score (nSPS) is 16.3. The molecule has 1 unspecified atom stereocenters. The third-order valence-corrected chi connectivity index (χ3v) is 6.71. The molecule has 0 saturated carbocycles. The Hall–Kier alpha value is -3.33. The second-order valence-electron chi connectivity index (χ2n) is 8.95. The molecule has 3 heteroatoms. The molecule has 1 heterocycles. The van der Waals surface area contributed by atoms with Crippen molar-refractivity contribution in [3.8, 4) is 0 Å². The van der Waals surface area contributed by atoms with Gasteiger partial charge in [0.05, 0.1) is 5.57 Å². The van der Waals surface area contributed by atoms with Crippen LogP contribution in [0.25, 0.3) is 0 Å². The first-order chi connectivity index (χ1) is 16.1. The van der Waals surface area contributed by atoms with Crippen molar-refractivity contribution in [2.24, 2.45) is 0 Å². The van der Waals surface area contributed by atoms with Crippen molar-refractivity contribution < 1.29 is 14.6 Å². The highest BCUT2D eigenvalue weighted by molar-refractivity contribution is 5.92. The summed E-state index contributed by atoms with van der Waals surface area (Å²) in [5, 5.41) is 11.2. The zero-order valence-electron chi connectivity index (χ0n) is 19.2. The van der Waals surface area contributed by atoms with Crippen LogP contribution >= 0.6 is 0 Å². The average molecular weight is 441 g/mol. The summed E-state index contributed by atoms with van der Waals surface area (Å²) >= 11 is 0. The third kappa shape index (κ3) is 5.54. The number of ether oxygens (including phenoxy) is 1. The van der Waals surface area contributed by atoms with Crippen LogP contribution in [-0.4, -0.2) is 16.7 Å². The van der Waals surface area contributed by atoms with Crippen LogP contribution < -0.4 is 0 Å². The molecule has 170 valence electrons. The molecule has 1 atom stereocenters. The van der Waals surface area contributed by atoms with Gasteiger partial charge in [0.1, 0.15) is 11.4 Å². The number of benzene rings is 3. The topological polar surface area (TPSA) is 46.5 Å². The number of esters is 1. The molecular weight excluding hydrogens is 408 g/mol. The summed E-state index contributed by atoms with van der Waals surface area (Å²) < 4.78 is 6.25. The van der Waals surface area contributed by atoms with E-state index in [0.717, 1.165) is 24.8 Å². The maximum Gasteiger partial charge on any atom is 0.338 e. The zero-order valence-corrected chi connectivity index (χ0v) is 19.2. The van der Waals surface area contributed by atoms with Gasteiger partial charge in [0.25, 0.3) is 0 Å². The average Bonchev–Trinajstić information content (AvgIpc) is 2.86. The van der Waals surface area contributed by atoms with Crippen molar-refractivity contribution >= 4 is 5.97 Å². The van der Waals surface area contributed by atoms with Gasteiger partial charge in [-0.3, -0.25) is 0 Å². The minimum Gasteiger partial charge on any atom is -0.512 e. The molecule has 33 heavy (non-hydrogen) atoms. The van der Waals surface area contributed by atoms with Gasteiger partial charge in [0.2, 0.25) is 0 Å². The molecule has 1 aliphatic heterocycles. The second-order valence-corrected chi connectivity index (χ2v) is 8.95. The van der Waals surface area contributed by atoms with Gasteiger partial charge in [-0.05, 0) is 48.8 Å². The van der Waals surface area contributed by atoms with Gasteiger partial charge in [0.15, 0.2) is 0 Å². The SMILES string of the molecule is CCC(C1=C(O)CC(CCc2ccccc2)(CCc2ccccc2)OC1=O)c1ccccc1. The number of cyclic esters (lactones) is 1. The minimum absolute atomic E-state index is 0.167.